The highest BCUT2D eigenvalue weighted by atomic mass is 16.3. The number of nitrogens with zero attached hydrogens (tertiary/aromatic N) is 2. The van der Waals surface area contributed by atoms with E-state index < -0.39 is 0 Å². The fourth-order valence-electron chi connectivity index (χ4n) is 1.15. The highest BCUT2D eigenvalue weighted by Gasteiger charge is 2.07. The summed E-state index contributed by atoms with van der Waals surface area (Å²) in [4.78, 5) is 15.4. The van der Waals surface area contributed by atoms with E-state index in [1.165, 1.54) is 10.9 Å². The molecule has 0 aliphatic heterocycles. The van der Waals surface area contributed by atoms with Gasteiger partial charge in [-0.3, -0.25) is 4.79 Å². The van der Waals surface area contributed by atoms with Gasteiger partial charge in [0.1, 0.15) is 11.7 Å². The van der Waals surface area contributed by atoms with E-state index in [1.807, 2.05) is 6.92 Å². The smallest absolute Gasteiger partial charge is 0.264 e. The van der Waals surface area contributed by atoms with Crippen LogP contribution in [0.4, 0.5) is 0 Å². The van der Waals surface area contributed by atoms with E-state index in [4.69, 9.17) is 4.42 Å². The largest absolute Gasteiger partial charge is 0.446 e. The highest BCUT2D eigenvalue weighted by molar-refractivity contribution is 5.75. The fraction of sp³-hybridized carbons (Fsp3) is 0.250. The summed E-state index contributed by atoms with van der Waals surface area (Å²) in [6.07, 6.45) is 2.99. The van der Waals surface area contributed by atoms with Crippen LogP contribution in [-0.4, -0.2) is 9.55 Å². The molecule has 0 bridgehead atoms. The summed E-state index contributed by atoms with van der Waals surface area (Å²) in [6.45, 7) is 1.83. The Morgan fingerprint density at radius 3 is 3.08 bits per heavy atom. The Morgan fingerprint density at radius 2 is 2.33 bits per heavy atom. The van der Waals surface area contributed by atoms with Gasteiger partial charge in [-0.1, -0.05) is 0 Å². The molecule has 0 aromatic carbocycles. The van der Waals surface area contributed by atoms with Gasteiger partial charge in [-0.15, -0.1) is 0 Å². The van der Waals surface area contributed by atoms with E-state index >= 15 is 0 Å². The van der Waals surface area contributed by atoms with Gasteiger partial charge in [-0.2, -0.15) is 0 Å². The van der Waals surface area contributed by atoms with Crippen LogP contribution in [0.2, 0.25) is 0 Å². The molecule has 2 aromatic heterocycles. The monoisotopic (exact) mass is 164 g/mol. The Morgan fingerprint density at radius 1 is 1.58 bits per heavy atom. The first kappa shape index (κ1) is 7.09. The fourth-order valence-corrected chi connectivity index (χ4v) is 1.15. The zero-order valence-electron chi connectivity index (χ0n) is 6.87. The van der Waals surface area contributed by atoms with Crippen molar-refractivity contribution in [2.45, 2.75) is 6.92 Å². The summed E-state index contributed by atoms with van der Waals surface area (Å²) in [5, 5.41) is 0.569. The second-order valence-corrected chi connectivity index (χ2v) is 2.76. The lowest BCUT2D eigenvalue weighted by molar-refractivity contribution is 0.597. The maximum atomic E-state index is 11.5. The Balaban J connectivity index is 3.06. The van der Waals surface area contributed by atoms with E-state index in [9.17, 15) is 4.79 Å². The van der Waals surface area contributed by atoms with Crippen LogP contribution in [-0.2, 0) is 7.05 Å². The lowest BCUT2D eigenvalue weighted by Crippen LogP contribution is -2.16. The molecule has 4 nitrogen and oxygen atoms in total. The second kappa shape index (κ2) is 2.20. The molecule has 0 unspecified atom stereocenters. The first-order chi connectivity index (χ1) is 5.70. The van der Waals surface area contributed by atoms with Crippen molar-refractivity contribution in [3.8, 4) is 0 Å². The Bertz CT molecular complexity index is 481. The second-order valence-electron chi connectivity index (χ2n) is 2.76. The number of rotatable bonds is 0. The molecule has 12 heavy (non-hydrogen) atoms. The number of aromatic nitrogens is 2. The minimum absolute atomic E-state index is 0.0637. The zero-order chi connectivity index (χ0) is 8.72. The third-order valence-corrected chi connectivity index (χ3v) is 1.84. The molecule has 0 saturated heterocycles. The molecule has 0 saturated carbocycles. The first-order valence-electron chi connectivity index (χ1n) is 3.59. The highest BCUT2D eigenvalue weighted by Crippen LogP contribution is 2.12. The molecule has 2 aromatic rings. The average molecular weight is 164 g/mol. The van der Waals surface area contributed by atoms with Gasteiger partial charge in [-0.05, 0) is 6.92 Å². The number of hydrogen-bond acceptors (Lipinski definition) is 3. The molecule has 0 aliphatic rings. The van der Waals surface area contributed by atoms with Crippen LogP contribution in [0.25, 0.3) is 11.1 Å². The normalized spacial score (nSPS) is 10.8. The van der Waals surface area contributed by atoms with Crippen molar-refractivity contribution < 1.29 is 4.42 Å². The van der Waals surface area contributed by atoms with Gasteiger partial charge >= 0.3 is 0 Å². The summed E-state index contributed by atoms with van der Waals surface area (Å²) in [5.41, 5.74) is 1.18. The molecule has 4 heteroatoms. The number of aryl methyl sites for hydroxylation is 2. The Kier molecular flexibility index (Phi) is 1.30. The van der Waals surface area contributed by atoms with Crippen LogP contribution in [0.5, 0.6) is 0 Å². The molecule has 62 valence electrons. The van der Waals surface area contributed by atoms with Crippen LogP contribution in [0.15, 0.2) is 21.8 Å². The minimum Gasteiger partial charge on any atom is -0.446 e. The van der Waals surface area contributed by atoms with Crippen LogP contribution >= 0.6 is 0 Å². The van der Waals surface area contributed by atoms with Crippen molar-refractivity contribution in [1.82, 2.24) is 9.55 Å². The molecule has 0 spiro atoms. The van der Waals surface area contributed by atoms with Crippen molar-refractivity contribution in [3.63, 3.8) is 0 Å². The average Bonchev–Trinajstić information content (AvgIpc) is 2.41. The van der Waals surface area contributed by atoms with Crippen molar-refractivity contribution in [2.24, 2.45) is 7.05 Å². The summed E-state index contributed by atoms with van der Waals surface area (Å²) in [7, 11) is 1.67. The molecule has 0 atom stereocenters. The van der Waals surface area contributed by atoms with E-state index in [1.54, 1.807) is 13.3 Å². The Labute approximate surface area is 68.4 Å². The van der Waals surface area contributed by atoms with Gasteiger partial charge in [0.15, 0.2) is 0 Å². The molecular formula is C8H8N2O2. The van der Waals surface area contributed by atoms with Gasteiger partial charge in [0, 0.05) is 12.6 Å². The summed E-state index contributed by atoms with van der Waals surface area (Å²) in [6, 6.07) is 0. The van der Waals surface area contributed by atoms with Crippen molar-refractivity contribution in [3.05, 3.63) is 28.5 Å². The van der Waals surface area contributed by atoms with Crippen LogP contribution in [0.3, 0.4) is 0 Å². The van der Waals surface area contributed by atoms with Gasteiger partial charge in [0.25, 0.3) is 5.56 Å². The number of hydrogen-bond donors (Lipinski definition) is 0. The van der Waals surface area contributed by atoms with Crippen LogP contribution in [0, 0.1) is 6.92 Å². The van der Waals surface area contributed by atoms with Gasteiger partial charge in [-0.25, -0.2) is 4.98 Å². The van der Waals surface area contributed by atoms with E-state index in [0.29, 0.717) is 11.1 Å². The van der Waals surface area contributed by atoms with Crippen LogP contribution < -0.4 is 5.56 Å². The molecule has 2 heterocycles. The van der Waals surface area contributed by atoms with E-state index in [-0.39, 0.29) is 5.56 Å². The summed E-state index contributed by atoms with van der Waals surface area (Å²) in [5.74, 6) is 0. The van der Waals surface area contributed by atoms with Crippen molar-refractivity contribution in [1.29, 1.82) is 0 Å². The minimum atomic E-state index is -0.0637. The number of fused-ring (bicyclic) bond motifs is 1. The molecule has 0 aliphatic carbocycles. The molecule has 0 fully saturated rings. The van der Waals surface area contributed by atoms with Crippen LogP contribution in [0.1, 0.15) is 5.56 Å². The maximum Gasteiger partial charge on any atom is 0.264 e. The number of furan rings is 1. The standard InChI is InChI=1S/C8H8N2O2/c1-5-3-12-7-6(5)8(11)10(2)4-9-7/h3-4H,1-2H3. The quantitative estimate of drug-likeness (QED) is 0.579. The summed E-state index contributed by atoms with van der Waals surface area (Å²) < 4.78 is 6.50. The van der Waals surface area contributed by atoms with Gasteiger partial charge in [0.05, 0.1) is 6.26 Å². The lowest BCUT2D eigenvalue weighted by atomic mass is 10.3. The topological polar surface area (TPSA) is 48.0 Å². The zero-order valence-corrected chi connectivity index (χ0v) is 6.87. The van der Waals surface area contributed by atoms with E-state index in [0.717, 1.165) is 5.56 Å². The summed E-state index contributed by atoms with van der Waals surface area (Å²) >= 11 is 0. The third kappa shape index (κ3) is 0.777. The van der Waals surface area contributed by atoms with Gasteiger partial charge < -0.3 is 8.98 Å². The maximum absolute atomic E-state index is 11.5. The first-order valence-corrected chi connectivity index (χ1v) is 3.59. The molecule has 0 N–H and O–H groups in total. The van der Waals surface area contributed by atoms with Gasteiger partial charge in [0.2, 0.25) is 5.71 Å². The van der Waals surface area contributed by atoms with E-state index in [2.05, 4.69) is 4.98 Å². The lowest BCUT2D eigenvalue weighted by Gasteiger charge is -1.93. The predicted molar refractivity (Wildman–Crippen MR) is 44.0 cm³/mol. The SMILES string of the molecule is Cc1coc2ncn(C)c(=O)c12. The molecular weight excluding hydrogens is 156 g/mol. The molecule has 0 amide bonds. The predicted octanol–water partition coefficient (Wildman–Crippen LogP) is 0.835. The van der Waals surface area contributed by atoms with Crippen molar-refractivity contribution in [2.75, 3.05) is 0 Å². The molecule has 2 rings (SSSR count). The molecule has 0 radical (unpaired) electrons. The Hall–Kier alpha value is -1.58. The van der Waals surface area contributed by atoms with Crippen molar-refractivity contribution >= 4 is 11.1 Å². The third-order valence-electron chi connectivity index (χ3n) is 1.84.